The van der Waals surface area contributed by atoms with Crippen LogP contribution in [0.15, 0.2) is 23.6 Å². The van der Waals surface area contributed by atoms with E-state index in [-0.39, 0.29) is 19.3 Å². The summed E-state index contributed by atoms with van der Waals surface area (Å²) in [6.45, 7) is 6.43. The third-order valence-electron chi connectivity index (χ3n) is 9.82. The number of aliphatic hydroxyl groups excluding tert-OH is 1. The van der Waals surface area contributed by atoms with E-state index in [0.29, 0.717) is 6.42 Å². The Balaban J connectivity index is 1.80. The largest absolute Gasteiger partial charge is 0.478 e. The average molecular weight is 513 g/mol. The van der Waals surface area contributed by atoms with Crippen LogP contribution in [0.1, 0.15) is 72.6 Å². The lowest BCUT2D eigenvalue weighted by Crippen LogP contribution is -2.71. The first-order valence-electron chi connectivity index (χ1n) is 12.8. The second kappa shape index (κ2) is 8.71. The first-order chi connectivity index (χ1) is 16.7. The highest BCUT2D eigenvalue weighted by Gasteiger charge is 2.78. The molecule has 0 heterocycles. The van der Waals surface area contributed by atoms with Gasteiger partial charge >= 0.3 is 11.9 Å². The van der Waals surface area contributed by atoms with Crippen molar-refractivity contribution in [2.24, 2.45) is 28.6 Å². The minimum Gasteiger partial charge on any atom is -0.478 e. The standard InChI is InChI=1S/C27H35F3O6/c1-5-6-7-8-20(33)36-27(23(34)35)14(2)11-15-16-12-17(28)21-22(29)18(31)9-10-24(21,3)26(16,30)19(32)13-25(15,27)4/h9-10,14-17,19,32H,5-8,11-13H2,1-4H3,(H,34,35)/t14-,15+,16+,17+,19+,24+,25+,26+,27+/m1/s1. The molecule has 4 rings (SSSR count). The maximum atomic E-state index is 17.2. The summed E-state index contributed by atoms with van der Waals surface area (Å²) in [5.74, 6) is -7.14. The molecule has 0 amide bonds. The molecule has 0 radical (unpaired) electrons. The van der Waals surface area contributed by atoms with Crippen LogP contribution >= 0.6 is 0 Å². The number of ketones is 1. The molecule has 0 spiro atoms. The molecule has 3 saturated carbocycles. The molecular weight excluding hydrogens is 477 g/mol. The number of alkyl halides is 2. The Hall–Kier alpha value is -2.16. The van der Waals surface area contributed by atoms with E-state index < -0.39 is 87.7 Å². The summed E-state index contributed by atoms with van der Waals surface area (Å²) in [6, 6.07) is 0. The van der Waals surface area contributed by atoms with Crippen molar-refractivity contribution < 1.29 is 42.5 Å². The van der Waals surface area contributed by atoms with Crippen molar-refractivity contribution in [2.45, 2.75) is 96.2 Å². The number of halogens is 3. The van der Waals surface area contributed by atoms with Gasteiger partial charge in [0.15, 0.2) is 11.5 Å². The fraction of sp³-hybridized carbons (Fsp3) is 0.741. The molecule has 0 saturated heterocycles. The molecule has 0 unspecified atom stereocenters. The van der Waals surface area contributed by atoms with Crippen molar-refractivity contribution in [3.63, 3.8) is 0 Å². The number of rotatable bonds is 6. The van der Waals surface area contributed by atoms with E-state index in [9.17, 15) is 29.0 Å². The predicted octanol–water partition coefficient (Wildman–Crippen LogP) is 4.80. The maximum Gasteiger partial charge on any atom is 0.349 e. The third-order valence-corrected chi connectivity index (χ3v) is 9.82. The van der Waals surface area contributed by atoms with Crippen LogP contribution in [0.2, 0.25) is 0 Å². The number of carbonyl (C=O) groups excluding carboxylic acids is 2. The Kier molecular flexibility index (Phi) is 6.50. The minimum atomic E-state index is -2.55. The van der Waals surface area contributed by atoms with Crippen molar-refractivity contribution in [1.82, 2.24) is 0 Å². The van der Waals surface area contributed by atoms with Gasteiger partial charge in [-0.3, -0.25) is 9.59 Å². The highest BCUT2D eigenvalue weighted by Crippen LogP contribution is 2.71. The molecule has 0 bridgehead atoms. The normalized spacial score (nSPS) is 45.7. The van der Waals surface area contributed by atoms with Gasteiger partial charge in [0.05, 0.1) is 6.10 Å². The van der Waals surface area contributed by atoms with E-state index >= 15 is 8.78 Å². The van der Waals surface area contributed by atoms with Crippen molar-refractivity contribution >= 4 is 17.7 Å². The zero-order chi connectivity index (χ0) is 26.8. The second-order valence-electron chi connectivity index (χ2n) is 11.6. The second-order valence-corrected chi connectivity index (χ2v) is 11.6. The van der Waals surface area contributed by atoms with Gasteiger partial charge < -0.3 is 14.9 Å². The summed E-state index contributed by atoms with van der Waals surface area (Å²) in [7, 11) is 0. The smallest absolute Gasteiger partial charge is 0.349 e. The zero-order valence-corrected chi connectivity index (χ0v) is 21.2. The summed E-state index contributed by atoms with van der Waals surface area (Å²) in [5.41, 5.74) is -8.52. The summed E-state index contributed by atoms with van der Waals surface area (Å²) >= 11 is 0. The first kappa shape index (κ1) is 26.9. The Morgan fingerprint density at radius 2 is 1.86 bits per heavy atom. The van der Waals surface area contributed by atoms with Crippen molar-refractivity contribution in [3.8, 4) is 0 Å². The summed E-state index contributed by atoms with van der Waals surface area (Å²) in [4.78, 5) is 37.5. The van der Waals surface area contributed by atoms with Gasteiger partial charge in [-0.15, -0.1) is 0 Å². The number of allylic oxidation sites excluding steroid dienone is 4. The minimum absolute atomic E-state index is 0.0340. The number of hydrogen-bond acceptors (Lipinski definition) is 5. The van der Waals surface area contributed by atoms with Crippen molar-refractivity contribution in [1.29, 1.82) is 0 Å². The van der Waals surface area contributed by atoms with Crippen LogP contribution < -0.4 is 0 Å². The van der Waals surface area contributed by atoms with E-state index in [2.05, 4.69) is 0 Å². The lowest BCUT2D eigenvalue weighted by molar-refractivity contribution is -0.237. The number of carbonyl (C=O) groups is 3. The number of hydrogen-bond donors (Lipinski definition) is 2. The molecule has 2 N–H and O–H groups in total. The van der Waals surface area contributed by atoms with Gasteiger partial charge in [0.2, 0.25) is 11.4 Å². The number of fused-ring (bicyclic) bond motifs is 5. The zero-order valence-electron chi connectivity index (χ0n) is 21.2. The van der Waals surface area contributed by atoms with Crippen LogP contribution in [0.25, 0.3) is 0 Å². The van der Waals surface area contributed by atoms with Crippen molar-refractivity contribution in [2.75, 3.05) is 0 Å². The lowest BCUT2D eigenvalue weighted by atomic mass is 9.44. The summed E-state index contributed by atoms with van der Waals surface area (Å²) in [5, 5.41) is 21.8. The molecule has 9 heteroatoms. The summed E-state index contributed by atoms with van der Waals surface area (Å²) in [6.07, 6.45) is -0.369. The van der Waals surface area contributed by atoms with Gasteiger partial charge in [-0.05, 0) is 44.6 Å². The number of carboxylic acid groups (broad SMARTS) is 1. The van der Waals surface area contributed by atoms with Gasteiger partial charge in [0.1, 0.15) is 6.17 Å². The average Bonchev–Trinajstić information content (AvgIpc) is 3.01. The Morgan fingerprint density at radius 1 is 1.19 bits per heavy atom. The fourth-order valence-electron chi connectivity index (χ4n) is 8.08. The third kappa shape index (κ3) is 3.23. The Labute approximate surface area is 209 Å². The van der Waals surface area contributed by atoms with Gasteiger partial charge in [-0.25, -0.2) is 18.0 Å². The molecule has 6 nitrogen and oxygen atoms in total. The van der Waals surface area contributed by atoms with E-state index in [4.69, 9.17) is 4.74 Å². The van der Waals surface area contributed by atoms with E-state index in [0.717, 1.165) is 25.0 Å². The maximum absolute atomic E-state index is 17.2. The molecule has 4 aliphatic carbocycles. The van der Waals surface area contributed by atoms with Gasteiger partial charge in [-0.2, -0.15) is 0 Å². The number of ether oxygens (including phenoxy) is 1. The number of aliphatic carboxylic acids is 1. The van der Waals surface area contributed by atoms with Gasteiger partial charge in [-0.1, -0.05) is 39.7 Å². The van der Waals surface area contributed by atoms with Crippen LogP contribution in [-0.4, -0.2) is 51.5 Å². The highest BCUT2D eigenvalue weighted by atomic mass is 19.2. The molecule has 3 fully saturated rings. The monoisotopic (exact) mass is 512 g/mol. The molecule has 4 aliphatic rings. The Bertz CT molecular complexity index is 1040. The van der Waals surface area contributed by atoms with Crippen LogP contribution in [0.3, 0.4) is 0 Å². The van der Waals surface area contributed by atoms with Crippen LogP contribution in [0.5, 0.6) is 0 Å². The molecule has 200 valence electrons. The molecular formula is C27H35F3O6. The SMILES string of the molecule is CCCCCC(=O)O[C@]1(C(=O)O)[C@H](C)C[C@H]2[C@@H]3C[C@H](F)C4=C(F)C(=O)C=C[C@]4(C)[C@@]3(F)[C@@H](O)C[C@@]21C. The molecule has 36 heavy (non-hydrogen) atoms. The molecule has 0 aliphatic heterocycles. The fourth-order valence-corrected chi connectivity index (χ4v) is 8.08. The predicted molar refractivity (Wildman–Crippen MR) is 124 cm³/mol. The summed E-state index contributed by atoms with van der Waals surface area (Å²) < 4.78 is 53.3. The lowest BCUT2D eigenvalue weighted by Gasteiger charge is -2.62. The topological polar surface area (TPSA) is 101 Å². The Morgan fingerprint density at radius 3 is 2.47 bits per heavy atom. The molecule has 0 aromatic rings. The van der Waals surface area contributed by atoms with Gasteiger partial charge in [0, 0.05) is 34.7 Å². The number of carboxylic acids is 1. The van der Waals surface area contributed by atoms with E-state index in [1.807, 2.05) is 6.92 Å². The molecule has 9 atom stereocenters. The molecule has 0 aromatic carbocycles. The van der Waals surface area contributed by atoms with Crippen LogP contribution in [-0.2, 0) is 19.1 Å². The quantitative estimate of drug-likeness (QED) is 0.392. The van der Waals surface area contributed by atoms with Crippen molar-refractivity contribution in [3.05, 3.63) is 23.6 Å². The van der Waals surface area contributed by atoms with E-state index in [1.165, 1.54) is 6.92 Å². The number of esters is 1. The number of unbranched alkanes of at least 4 members (excludes halogenated alkanes) is 2. The molecule has 0 aromatic heterocycles. The highest BCUT2D eigenvalue weighted by molar-refractivity contribution is 6.04. The first-order valence-corrected chi connectivity index (χ1v) is 12.8. The van der Waals surface area contributed by atoms with Crippen LogP contribution in [0.4, 0.5) is 13.2 Å². The number of aliphatic hydroxyl groups is 1. The van der Waals surface area contributed by atoms with Crippen LogP contribution in [0, 0.1) is 28.6 Å². The van der Waals surface area contributed by atoms with Gasteiger partial charge in [0.25, 0.3) is 0 Å². The van der Waals surface area contributed by atoms with E-state index in [1.54, 1.807) is 13.8 Å².